The fourth-order valence-electron chi connectivity index (χ4n) is 2.11. The van der Waals surface area contributed by atoms with Crippen LogP contribution in [-0.2, 0) is 20.6 Å². The number of hydrogen-bond donors (Lipinski definition) is 2. The van der Waals surface area contributed by atoms with Crippen LogP contribution in [0.4, 0.5) is 0 Å². The highest BCUT2D eigenvalue weighted by Crippen LogP contribution is 2.41. The molecule has 0 spiro atoms. The van der Waals surface area contributed by atoms with Crippen LogP contribution in [-0.4, -0.2) is 30.2 Å². The van der Waals surface area contributed by atoms with Crippen molar-refractivity contribution in [3.05, 3.63) is 33.4 Å². The van der Waals surface area contributed by atoms with E-state index in [-0.39, 0.29) is 0 Å². The monoisotopic (exact) mass is 440 g/mol. The normalized spacial score (nSPS) is 12.5. The van der Waals surface area contributed by atoms with Crippen molar-refractivity contribution < 1.29 is 18.9 Å². The van der Waals surface area contributed by atoms with Crippen LogP contribution < -0.4 is 5.32 Å². The van der Waals surface area contributed by atoms with Gasteiger partial charge in [-0.15, -0.1) is 0 Å². The molecular formula is C15H24INO4P+. The van der Waals surface area contributed by atoms with E-state index in [4.69, 9.17) is 9.47 Å². The second kappa shape index (κ2) is 10.6. The molecule has 0 saturated carbocycles. The van der Waals surface area contributed by atoms with Crippen molar-refractivity contribution in [2.45, 2.75) is 38.8 Å². The molecule has 0 heterocycles. The molecule has 1 aromatic carbocycles. The summed E-state index contributed by atoms with van der Waals surface area (Å²) in [5.41, 5.74) is -0.154. The summed E-state index contributed by atoms with van der Waals surface area (Å²) in [6.45, 7) is 5.79. The Morgan fingerprint density at radius 3 is 2.32 bits per heavy atom. The molecule has 0 aliphatic heterocycles. The van der Waals surface area contributed by atoms with Crippen LogP contribution in [0, 0.1) is 3.57 Å². The van der Waals surface area contributed by atoms with Gasteiger partial charge < -0.3 is 14.8 Å². The van der Waals surface area contributed by atoms with Crippen molar-refractivity contribution in [3.63, 3.8) is 0 Å². The molecule has 7 heteroatoms. The fraction of sp³-hybridized carbons (Fsp3) is 0.600. The van der Waals surface area contributed by atoms with E-state index < -0.39 is 13.6 Å². The number of halogens is 1. The molecule has 5 nitrogen and oxygen atoms in total. The molecular weight excluding hydrogens is 416 g/mol. The number of rotatable bonds is 11. The lowest BCUT2D eigenvalue weighted by Gasteiger charge is -2.20. The van der Waals surface area contributed by atoms with Crippen molar-refractivity contribution in [1.82, 2.24) is 5.32 Å². The summed E-state index contributed by atoms with van der Waals surface area (Å²) >= 11 is 2.28. The predicted molar refractivity (Wildman–Crippen MR) is 95.9 cm³/mol. The molecule has 1 unspecified atom stereocenters. The first-order chi connectivity index (χ1) is 10.5. The Morgan fingerprint density at radius 1 is 1.23 bits per heavy atom. The van der Waals surface area contributed by atoms with Crippen molar-refractivity contribution in [1.29, 1.82) is 0 Å². The zero-order valence-electron chi connectivity index (χ0n) is 13.0. The summed E-state index contributed by atoms with van der Waals surface area (Å²) in [5.74, 6) is 0. The number of benzene rings is 1. The highest BCUT2D eigenvalue weighted by molar-refractivity contribution is 14.1. The van der Waals surface area contributed by atoms with Gasteiger partial charge in [0.1, 0.15) is 0 Å². The van der Waals surface area contributed by atoms with Gasteiger partial charge in [0.25, 0.3) is 0 Å². The predicted octanol–water partition coefficient (Wildman–Crippen LogP) is 3.62. The number of hydrogen-bond acceptors (Lipinski definition) is 4. The third kappa shape index (κ3) is 6.56. The smallest absolute Gasteiger partial charge is 0.313 e. The Labute approximate surface area is 146 Å². The summed E-state index contributed by atoms with van der Waals surface area (Å²) in [6, 6.07) is 8.32. The van der Waals surface area contributed by atoms with E-state index in [9.17, 15) is 9.46 Å². The first kappa shape index (κ1) is 19.9. The molecule has 1 rings (SSSR count). The Kier molecular flexibility index (Phi) is 9.63. The van der Waals surface area contributed by atoms with E-state index in [0.29, 0.717) is 26.1 Å². The highest BCUT2D eigenvalue weighted by Gasteiger charge is 2.51. The minimum atomic E-state index is -2.55. The van der Waals surface area contributed by atoms with Gasteiger partial charge >= 0.3 is 13.6 Å². The van der Waals surface area contributed by atoms with Gasteiger partial charge in [0.2, 0.25) is 0 Å². The lowest BCUT2D eigenvalue weighted by atomic mass is 10.2. The topological polar surface area (TPSA) is 67.8 Å². The standard InChI is InChI=1S/C15H23INO4P/c1-3-20-15(21-4-2,22(18)19)10-5-11-17-12-13-6-8-14(16)9-7-13/h6-9,17H,3-5,10-12H2,1-2H3/p+1. The largest absolute Gasteiger partial charge is 0.573 e. The van der Waals surface area contributed by atoms with Gasteiger partial charge in [0.15, 0.2) is 0 Å². The average molecular weight is 440 g/mol. The third-order valence-corrected chi connectivity index (χ3v) is 4.90. The molecule has 0 saturated heterocycles. The van der Waals surface area contributed by atoms with E-state index in [1.165, 1.54) is 9.13 Å². The second-order valence-electron chi connectivity index (χ2n) is 4.76. The molecule has 0 fully saturated rings. The van der Waals surface area contributed by atoms with Crippen LogP contribution in [0.5, 0.6) is 0 Å². The molecule has 1 aromatic rings. The van der Waals surface area contributed by atoms with Crippen molar-refractivity contribution >= 4 is 30.6 Å². The van der Waals surface area contributed by atoms with Crippen LogP contribution in [0.3, 0.4) is 0 Å². The first-order valence-electron chi connectivity index (χ1n) is 7.43. The van der Waals surface area contributed by atoms with Crippen LogP contribution in [0.2, 0.25) is 0 Å². The summed E-state index contributed by atoms with van der Waals surface area (Å²) in [4.78, 5) is 9.52. The molecule has 0 aliphatic carbocycles. The maximum Gasteiger partial charge on any atom is 0.573 e. The number of nitrogens with one attached hydrogen (secondary N) is 1. The zero-order chi connectivity index (χ0) is 16.4. The maximum atomic E-state index is 11.6. The first-order valence-corrected chi connectivity index (χ1v) is 9.72. The molecule has 2 N–H and O–H groups in total. The minimum Gasteiger partial charge on any atom is -0.313 e. The molecule has 0 aromatic heterocycles. The molecule has 0 aliphatic rings. The van der Waals surface area contributed by atoms with Gasteiger partial charge in [-0.25, -0.2) is 0 Å². The van der Waals surface area contributed by atoms with E-state index in [1.807, 2.05) is 0 Å². The van der Waals surface area contributed by atoms with E-state index in [1.54, 1.807) is 13.8 Å². The minimum absolute atomic E-state index is 0.345. The lowest BCUT2D eigenvalue weighted by Crippen LogP contribution is -2.33. The van der Waals surface area contributed by atoms with Crippen LogP contribution in [0.1, 0.15) is 32.3 Å². The quantitative estimate of drug-likeness (QED) is 0.238. The van der Waals surface area contributed by atoms with E-state index >= 15 is 0 Å². The molecule has 1 atom stereocenters. The van der Waals surface area contributed by atoms with Gasteiger partial charge in [0, 0.05) is 10.1 Å². The summed E-state index contributed by atoms with van der Waals surface area (Å²) in [6.07, 6.45) is 1.09. The van der Waals surface area contributed by atoms with Gasteiger partial charge in [-0.05, 0) is 71.7 Å². The summed E-state index contributed by atoms with van der Waals surface area (Å²) < 4.78 is 23.7. The van der Waals surface area contributed by atoms with Crippen LogP contribution in [0.25, 0.3) is 0 Å². The molecule has 0 amide bonds. The zero-order valence-corrected chi connectivity index (χ0v) is 16.1. The molecule has 124 valence electrons. The molecule has 22 heavy (non-hydrogen) atoms. The highest BCUT2D eigenvalue weighted by atomic mass is 127. The third-order valence-electron chi connectivity index (χ3n) is 3.12. The van der Waals surface area contributed by atoms with Crippen molar-refractivity contribution in [3.8, 4) is 0 Å². The molecule has 0 radical (unpaired) electrons. The average Bonchev–Trinajstić information content (AvgIpc) is 2.49. The van der Waals surface area contributed by atoms with Gasteiger partial charge in [-0.3, -0.25) is 0 Å². The van der Waals surface area contributed by atoms with Crippen molar-refractivity contribution in [2.24, 2.45) is 0 Å². The summed E-state index contributed by atoms with van der Waals surface area (Å²) in [5, 5.41) is 3.33. The Hall–Kier alpha value is -0.110. The Bertz CT molecular complexity index is 449. The van der Waals surface area contributed by atoms with Crippen LogP contribution in [0.15, 0.2) is 24.3 Å². The van der Waals surface area contributed by atoms with E-state index in [2.05, 4.69) is 52.2 Å². The van der Waals surface area contributed by atoms with Gasteiger partial charge in [0.05, 0.1) is 19.6 Å². The Morgan fingerprint density at radius 2 is 1.82 bits per heavy atom. The van der Waals surface area contributed by atoms with Gasteiger partial charge in [-0.2, -0.15) is 4.89 Å². The summed E-state index contributed by atoms with van der Waals surface area (Å²) in [7, 11) is -2.55. The van der Waals surface area contributed by atoms with Gasteiger partial charge in [-0.1, -0.05) is 12.1 Å². The Balaban J connectivity index is 2.39. The lowest BCUT2D eigenvalue weighted by molar-refractivity contribution is -0.180. The van der Waals surface area contributed by atoms with Crippen molar-refractivity contribution in [2.75, 3.05) is 19.8 Å². The van der Waals surface area contributed by atoms with Crippen LogP contribution >= 0.6 is 30.6 Å². The number of ether oxygens (including phenoxy) is 2. The second-order valence-corrected chi connectivity index (χ2v) is 7.23. The fourth-order valence-corrected chi connectivity index (χ4v) is 3.30. The molecule has 0 bridgehead atoms. The SMILES string of the molecule is CCOC(CCCNCc1ccc(I)cc1)(OCC)[P+](=O)O. The maximum absolute atomic E-state index is 11.6. The van der Waals surface area contributed by atoms with E-state index in [0.717, 1.165) is 13.1 Å².